The number of anilines is 2. The molecule has 3 N–H and O–H groups in total. The minimum Gasteiger partial charge on any atom is -0.443 e. The highest BCUT2D eigenvalue weighted by molar-refractivity contribution is 5.69. The van der Waals surface area contributed by atoms with Gasteiger partial charge in [-0.2, -0.15) is 18.3 Å². The average molecular weight is 565 g/mol. The molecule has 2 saturated carbocycles. The Bertz CT molecular complexity index is 1370. The van der Waals surface area contributed by atoms with Crippen LogP contribution in [-0.2, 0) is 22.3 Å². The largest absolute Gasteiger partial charge is 0.522 e. The summed E-state index contributed by atoms with van der Waals surface area (Å²) < 4.78 is 103. The molecule has 2 aliphatic rings. The molecule has 17 heteroatoms. The Balaban J connectivity index is 1.32. The molecule has 0 aromatic carbocycles. The van der Waals surface area contributed by atoms with Gasteiger partial charge < -0.3 is 15.4 Å². The molecular weight excluding hydrogens is 543 g/mol. The van der Waals surface area contributed by atoms with Gasteiger partial charge in [-0.3, -0.25) is 14.2 Å². The van der Waals surface area contributed by atoms with Gasteiger partial charge in [0.2, 0.25) is 5.95 Å². The quantitative estimate of drug-likeness (QED) is 0.341. The standard InChI is InChI=1S/C22H22F7N7O3/c1-20(4-5-20)33-19(37)39-13-3-2-11(17(13)23)12-6-15(35-34-12)32-18-31-14(21(24,25)26)7-16-30-10(8-36(16)18)9-38-22(27,28)29/h6-8,11,13,17H,2-5,9H2,1H3,(H,33,37)(H2,31,32,34,35)/t11-,13-,17-/m1/s1. The van der Waals surface area contributed by atoms with Crippen molar-refractivity contribution >= 4 is 23.5 Å². The molecule has 2 fully saturated rings. The number of amides is 1. The minimum absolute atomic E-state index is 0.0316. The fraction of sp³-hybridized carbons (Fsp3) is 0.545. The first kappa shape index (κ1) is 27.0. The van der Waals surface area contributed by atoms with Crippen molar-refractivity contribution in [3.05, 3.63) is 35.4 Å². The molecule has 212 valence electrons. The molecule has 1 amide bonds. The molecule has 3 atom stereocenters. The number of hydrogen-bond acceptors (Lipinski definition) is 7. The van der Waals surface area contributed by atoms with Crippen molar-refractivity contribution in [2.75, 3.05) is 5.32 Å². The van der Waals surface area contributed by atoms with Gasteiger partial charge in [0, 0.05) is 35.5 Å². The number of imidazole rings is 1. The van der Waals surface area contributed by atoms with Crippen LogP contribution in [0.15, 0.2) is 18.3 Å². The molecule has 3 heterocycles. The molecule has 10 nitrogen and oxygen atoms in total. The lowest BCUT2D eigenvalue weighted by molar-refractivity contribution is -0.330. The van der Waals surface area contributed by atoms with Crippen LogP contribution in [0.1, 0.15) is 55.6 Å². The minimum atomic E-state index is -4.96. The summed E-state index contributed by atoms with van der Waals surface area (Å²) in [6, 6.07) is 1.94. The zero-order valence-electron chi connectivity index (χ0n) is 20.2. The van der Waals surface area contributed by atoms with Crippen molar-refractivity contribution in [3.63, 3.8) is 0 Å². The molecule has 0 radical (unpaired) electrons. The lowest BCUT2D eigenvalue weighted by atomic mass is 10.0. The van der Waals surface area contributed by atoms with Crippen LogP contribution >= 0.6 is 0 Å². The zero-order chi connectivity index (χ0) is 28.2. The molecule has 0 bridgehead atoms. The summed E-state index contributed by atoms with van der Waals surface area (Å²) in [5.74, 6) is -1.20. The van der Waals surface area contributed by atoms with Gasteiger partial charge >= 0.3 is 18.6 Å². The number of ether oxygens (including phenoxy) is 2. The molecular formula is C22H22F7N7O3. The molecule has 0 spiro atoms. The maximum Gasteiger partial charge on any atom is 0.522 e. The number of fused-ring (bicyclic) bond motifs is 1. The Hall–Kier alpha value is -3.63. The van der Waals surface area contributed by atoms with Gasteiger partial charge in [-0.05, 0) is 32.6 Å². The highest BCUT2D eigenvalue weighted by atomic mass is 19.4. The number of hydrogen-bond donors (Lipinski definition) is 3. The van der Waals surface area contributed by atoms with Crippen molar-refractivity contribution in [3.8, 4) is 0 Å². The molecule has 0 unspecified atom stereocenters. The molecule has 0 aliphatic heterocycles. The lowest BCUT2D eigenvalue weighted by Crippen LogP contribution is -2.38. The van der Waals surface area contributed by atoms with E-state index >= 15 is 4.39 Å². The third-order valence-corrected chi connectivity index (χ3v) is 6.58. The molecule has 39 heavy (non-hydrogen) atoms. The zero-order valence-corrected chi connectivity index (χ0v) is 20.2. The number of nitrogens with one attached hydrogen (secondary N) is 3. The van der Waals surface area contributed by atoms with Crippen molar-refractivity contribution in [1.82, 2.24) is 29.9 Å². The fourth-order valence-corrected chi connectivity index (χ4v) is 4.30. The summed E-state index contributed by atoms with van der Waals surface area (Å²) in [7, 11) is 0. The van der Waals surface area contributed by atoms with E-state index in [4.69, 9.17) is 4.74 Å². The first-order valence-electron chi connectivity index (χ1n) is 11.8. The first-order valence-corrected chi connectivity index (χ1v) is 11.8. The van der Waals surface area contributed by atoms with Crippen LogP contribution in [0.3, 0.4) is 0 Å². The SMILES string of the molecule is CC1(NC(=O)O[C@@H]2CC[C@H](c3cc(Nc4nc(C(F)(F)F)cc5nc(COC(F)(F)F)cn45)n[nH]3)[C@H]2F)CC1. The van der Waals surface area contributed by atoms with E-state index < -0.39 is 55.1 Å². The fourth-order valence-electron chi connectivity index (χ4n) is 4.30. The number of carbonyl (C=O) groups excluding carboxylic acids is 1. The second kappa shape index (κ2) is 9.53. The van der Waals surface area contributed by atoms with Crippen LogP contribution in [0.5, 0.6) is 0 Å². The van der Waals surface area contributed by atoms with E-state index in [1.165, 1.54) is 6.07 Å². The topological polar surface area (TPSA) is 118 Å². The van der Waals surface area contributed by atoms with Gasteiger partial charge in [0.15, 0.2) is 11.5 Å². The van der Waals surface area contributed by atoms with Crippen LogP contribution in [-0.4, -0.2) is 54.8 Å². The molecule has 5 rings (SSSR count). The number of halogens is 7. The van der Waals surface area contributed by atoms with E-state index in [1.807, 2.05) is 6.92 Å². The predicted molar refractivity (Wildman–Crippen MR) is 119 cm³/mol. The maximum absolute atomic E-state index is 15.1. The average Bonchev–Trinajstić information content (AvgIpc) is 3.18. The summed E-state index contributed by atoms with van der Waals surface area (Å²) in [5.41, 5.74) is -2.00. The van der Waals surface area contributed by atoms with Crippen molar-refractivity contribution in [2.24, 2.45) is 0 Å². The third kappa shape index (κ3) is 6.17. The third-order valence-electron chi connectivity index (χ3n) is 6.58. The van der Waals surface area contributed by atoms with Crippen LogP contribution in [0.25, 0.3) is 5.65 Å². The summed E-state index contributed by atoms with van der Waals surface area (Å²) in [6.07, 6.45) is -9.85. The maximum atomic E-state index is 15.1. The van der Waals surface area contributed by atoms with Gasteiger partial charge in [0.05, 0.1) is 12.3 Å². The first-order chi connectivity index (χ1) is 18.2. The van der Waals surface area contributed by atoms with E-state index in [-0.39, 0.29) is 29.1 Å². The van der Waals surface area contributed by atoms with E-state index in [0.717, 1.165) is 23.4 Å². The van der Waals surface area contributed by atoms with Gasteiger partial charge in [-0.15, -0.1) is 13.2 Å². The number of alkyl carbamates (subject to hydrolysis) is 1. The molecule has 0 saturated heterocycles. The van der Waals surface area contributed by atoms with Crippen LogP contribution in [0.4, 0.5) is 47.3 Å². The second-order valence-electron chi connectivity index (χ2n) is 9.75. The molecule has 3 aromatic heterocycles. The Morgan fingerprint density at radius 2 is 1.92 bits per heavy atom. The monoisotopic (exact) mass is 565 g/mol. The highest BCUT2D eigenvalue weighted by Crippen LogP contribution is 2.40. The number of nitrogens with zero attached hydrogens (tertiary/aromatic N) is 4. The summed E-state index contributed by atoms with van der Waals surface area (Å²) in [5, 5.41) is 11.8. The number of rotatable bonds is 7. The van der Waals surface area contributed by atoms with E-state index in [1.54, 1.807) is 0 Å². The van der Waals surface area contributed by atoms with Gasteiger partial charge in [0.1, 0.15) is 17.9 Å². The van der Waals surface area contributed by atoms with Crippen LogP contribution < -0.4 is 10.6 Å². The smallest absolute Gasteiger partial charge is 0.443 e. The van der Waals surface area contributed by atoms with Gasteiger partial charge in [-0.25, -0.2) is 19.2 Å². The van der Waals surface area contributed by atoms with Gasteiger partial charge in [0.25, 0.3) is 0 Å². The highest BCUT2D eigenvalue weighted by Gasteiger charge is 2.43. The Morgan fingerprint density at radius 3 is 2.59 bits per heavy atom. The van der Waals surface area contributed by atoms with E-state index in [9.17, 15) is 31.1 Å². The summed E-state index contributed by atoms with van der Waals surface area (Å²) in [4.78, 5) is 19.3. The molecule has 2 aliphatic carbocycles. The van der Waals surface area contributed by atoms with Gasteiger partial charge in [-0.1, -0.05) is 0 Å². The van der Waals surface area contributed by atoms with Crippen LogP contribution in [0.2, 0.25) is 0 Å². The van der Waals surface area contributed by atoms with Crippen molar-refractivity contribution < 1.29 is 45.0 Å². The summed E-state index contributed by atoms with van der Waals surface area (Å²) >= 11 is 0. The Morgan fingerprint density at radius 1 is 1.18 bits per heavy atom. The number of aromatic nitrogens is 5. The molecule has 3 aromatic rings. The Labute approximate surface area is 215 Å². The number of H-pyrrole nitrogens is 1. The van der Waals surface area contributed by atoms with E-state index in [0.29, 0.717) is 18.2 Å². The van der Waals surface area contributed by atoms with E-state index in [2.05, 4.69) is 35.5 Å². The van der Waals surface area contributed by atoms with Crippen LogP contribution in [0, 0.1) is 0 Å². The normalized spacial score (nSPS) is 22.7. The number of carbonyl (C=O) groups is 1. The van der Waals surface area contributed by atoms with Crippen molar-refractivity contribution in [2.45, 2.75) is 75.5 Å². The number of alkyl halides is 7. The van der Waals surface area contributed by atoms with Crippen molar-refractivity contribution in [1.29, 1.82) is 0 Å². The Kier molecular flexibility index (Phi) is 6.59. The second-order valence-corrected chi connectivity index (χ2v) is 9.75. The lowest BCUT2D eigenvalue weighted by Gasteiger charge is -2.19. The predicted octanol–water partition coefficient (Wildman–Crippen LogP) is 5.11. The summed E-state index contributed by atoms with van der Waals surface area (Å²) in [6.45, 7) is 0.824. The number of aromatic amines is 1.